The van der Waals surface area contributed by atoms with Gasteiger partial charge in [0.15, 0.2) is 0 Å². The van der Waals surface area contributed by atoms with E-state index in [-0.39, 0.29) is 10.8 Å². The monoisotopic (exact) mass is 266 g/mol. The fourth-order valence-corrected chi connectivity index (χ4v) is 1.96. The molecule has 7 heteroatoms. The molecule has 0 atom stereocenters. The van der Waals surface area contributed by atoms with E-state index >= 15 is 0 Å². The Morgan fingerprint density at radius 3 is 2.89 bits per heavy atom. The van der Waals surface area contributed by atoms with E-state index < -0.39 is 4.92 Å². The second-order valence-electron chi connectivity index (χ2n) is 4.10. The molecule has 0 aromatic carbocycles. The molecule has 1 aromatic rings. The van der Waals surface area contributed by atoms with Crippen LogP contribution in [0.15, 0.2) is 12.1 Å². The van der Waals surface area contributed by atoms with E-state index in [2.05, 4.69) is 11.1 Å². The van der Waals surface area contributed by atoms with Crippen LogP contribution in [0.3, 0.4) is 0 Å². The average Bonchev–Trinajstić information content (AvgIpc) is 3.13. The Bertz CT molecular complexity index is 510. The third-order valence-electron chi connectivity index (χ3n) is 2.72. The molecule has 94 valence electrons. The van der Waals surface area contributed by atoms with Crippen LogP contribution in [0.25, 0.3) is 0 Å². The number of hydrogen-bond acceptors (Lipinski definition) is 5. The topological polar surface area (TPSA) is 83.1 Å². The first-order chi connectivity index (χ1) is 8.61. The molecular weight excluding hydrogens is 256 g/mol. The summed E-state index contributed by atoms with van der Waals surface area (Å²) in [7, 11) is 0. The number of nitro groups is 1. The predicted octanol–water partition coefficient (Wildman–Crippen LogP) is 2.53. The number of hydrogen-bond donors (Lipinski definition) is 0. The molecule has 1 aliphatic carbocycles. The number of aromatic nitrogens is 1. The van der Waals surface area contributed by atoms with Crippen LogP contribution >= 0.6 is 11.6 Å². The molecule has 0 N–H and O–H groups in total. The minimum atomic E-state index is -0.494. The van der Waals surface area contributed by atoms with Crippen LogP contribution in [-0.2, 0) is 0 Å². The maximum absolute atomic E-state index is 10.8. The summed E-state index contributed by atoms with van der Waals surface area (Å²) in [6.07, 6.45) is 2.40. The van der Waals surface area contributed by atoms with Crippen LogP contribution in [0.4, 0.5) is 11.5 Å². The fraction of sp³-hybridized carbons (Fsp3) is 0.455. The lowest BCUT2D eigenvalue weighted by molar-refractivity contribution is -0.384. The Hall–Kier alpha value is -1.87. The lowest BCUT2D eigenvalue weighted by Crippen LogP contribution is -2.27. The zero-order valence-electron chi connectivity index (χ0n) is 9.54. The SMILES string of the molecule is N#CCCN(c1cc([N+](=O)[O-])cc(Cl)n1)C1CC1. The molecule has 1 aliphatic rings. The summed E-state index contributed by atoms with van der Waals surface area (Å²) in [6.45, 7) is 0.520. The van der Waals surface area contributed by atoms with Crippen LogP contribution in [-0.4, -0.2) is 22.5 Å². The highest BCUT2D eigenvalue weighted by Gasteiger charge is 2.30. The predicted molar refractivity (Wildman–Crippen MR) is 66.5 cm³/mol. The molecule has 1 aromatic heterocycles. The van der Waals surface area contributed by atoms with Gasteiger partial charge in [0.2, 0.25) is 0 Å². The van der Waals surface area contributed by atoms with Gasteiger partial charge in [0.05, 0.1) is 29.5 Å². The lowest BCUT2D eigenvalue weighted by atomic mass is 10.3. The maximum atomic E-state index is 10.8. The van der Waals surface area contributed by atoms with E-state index in [4.69, 9.17) is 16.9 Å². The van der Waals surface area contributed by atoms with E-state index in [0.29, 0.717) is 24.8 Å². The first-order valence-corrected chi connectivity index (χ1v) is 5.95. The molecule has 1 saturated carbocycles. The Balaban J connectivity index is 2.29. The highest BCUT2D eigenvalue weighted by Crippen LogP contribution is 2.33. The van der Waals surface area contributed by atoms with Gasteiger partial charge in [-0.05, 0) is 12.8 Å². The van der Waals surface area contributed by atoms with Gasteiger partial charge in [-0.15, -0.1) is 0 Å². The Morgan fingerprint density at radius 1 is 1.61 bits per heavy atom. The van der Waals surface area contributed by atoms with Gasteiger partial charge in [0.25, 0.3) is 5.69 Å². The third-order valence-corrected chi connectivity index (χ3v) is 2.92. The minimum Gasteiger partial charge on any atom is -0.352 e. The van der Waals surface area contributed by atoms with Crippen molar-refractivity contribution in [3.8, 4) is 6.07 Å². The molecule has 0 amide bonds. The number of pyridine rings is 1. The van der Waals surface area contributed by atoms with Crippen molar-refractivity contribution in [3.05, 3.63) is 27.4 Å². The molecule has 18 heavy (non-hydrogen) atoms. The first-order valence-electron chi connectivity index (χ1n) is 5.57. The summed E-state index contributed by atoms with van der Waals surface area (Å²) in [4.78, 5) is 16.3. The van der Waals surface area contributed by atoms with Crippen LogP contribution in [0.5, 0.6) is 0 Å². The Morgan fingerprint density at radius 2 is 2.33 bits per heavy atom. The van der Waals surface area contributed by atoms with Crippen molar-refractivity contribution in [2.45, 2.75) is 25.3 Å². The van der Waals surface area contributed by atoms with E-state index in [9.17, 15) is 10.1 Å². The number of nitrogens with zero attached hydrogens (tertiary/aromatic N) is 4. The van der Waals surface area contributed by atoms with Gasteiger partial charge in [-0.1, -0.05) is 11.6 Å². The van der Waals surface area contributed by atoms with E-state index in [1.165, 1.54) is 12.1 Å². The fourth-order valence-electron chi connectivity index (χ4n) is 1.76. The number of anilines is 1. The first kappa shape index (κ1) is 12.6. The molecule has 0 spiro atoms. The molecule has 1 heterocycles. The van der Waals surface area contributed by atoms with E-state index in [0.717, 1.165) is 12.8 Å². The van der Waals surface area contributed by atoms with Crippen LogP contribution < -0.4 is 4.90 Å². The van der Waals surface area contributed by atoms with Gasteiger partial charge in [0.1, 0.15) is 11.0 Å². The van der Waals surface area contributed by atoms with Gasteiger partial charge in [-0.2, -0.15) is 5.26 Å². The van der Waals surface area contributed by atoms with E-state index in [1.807, 2.05) is 4.90 Å². The molecule has 6 nitrogen and oxygen atoms in total. The molecule has 1 fully saturated rings. The molecule has 0 saturated heterocycles. The second-order valence-corrected chi connectivity index (χ2v) is 4.48. The van der Waals surface area contributed by atoms with Gasteiger partial charge in [0, 0.05) is 12.6 Å². The zero-order chi connectivity index (χ0) is 13.1. The van der Waals surface area contributed by atoms with Gasteiger partial charge < -0.3 is 4.90 Å². The summed E-state index contributed by atoms with van der Waals surface area (Å²) in [5.74, 6) is 0.479. The molecule has 0 aliphatic heterocycles. The maximum Gasteiger partial charge on any atom is 0.276 e. The second kappa shape index (κ2) is 5.19. The molecule has 2 rings (SSSR count). The van der Waals surface area contributed by atoms with Crippen molar-refractivity contribution < 1.29 is 4.92 Å². The minimum absolute atomic E-state index is 0.0763. The van der Waals surface area contributed by atoms with Crippen LogP contribution in [0.2, 0.25) is 5.15 Å². The van der Waals surface area contributed by atoms with Crippen LogP contribution in [0, 0.1) is 21.4 Å². The van der Waals surface area contributed by atoms with E-state index in [1.54, 1.807) is 0 Å². The quantitative estimate of drug-likeness (QED) is 0.464. The number of halogens is 1. The molecule has 0 radical (unpaired) electrons. The molecule has 0 unspecified atom stereocenters. The van der Waals surface area contributed by atoms with Crippen molar-refractivity contribution in [1.29, 1.82) is 5.26 Å². The third kappa shape index (κ3) is 2.87. The Kier molecular flexibility index (Phi) is 3.63. The van der Waals surface area contributed by atoms with Crippen LogP contribution in [0.1, 0.15) is 19.3 Å². The summed E-state index contributed by atoms with van der Waals surface area (Å²) in [5, 5.41) is 19.5. The largest absolute Gasteiger partial charge is 0.352 e. The molecular formula is C11H11ClN4O2. The normalized spacial score (nSPS) is 14.0. The number of rotatable bonds is 5. The van der Waals surface area contributed by atoms with Crippen molar-refractivity contribution in [3.63, 3.8) is 0 Å². The van der Waals surface area contributed by atoms with Gasteiger partial charge in [-0.3, -0.25) is 10.1 Å². The standard InChI is InChI=1S/C11H11ClN4O2/c12-10-6-9(16(17)18)7-11(14-10)15(5-1-4-13)8-2-3-8/h6-8H,1-3,5H2. The Labute approximate surface area is 109 Å². The number of nitriles is 1. The highest BCUT2D eigenvalue weighted by molar-refractivity contribution is 6.29. The van der Waals surface area contributed by atoms with Crippen molar-refractivity contribution >= 4 is 23.1 Å². The molecule has 0 bridgehead atoms. The highest BCUT2D eigenvalue weighted by atomic mass is 35.5. The van der Waals surface area contributed by atoms with Crippen molar-refractivity contribution in [2.24, 2.45) is 0 Å². The summed E-state index contributed by atoms with van der Waals surface area (Å²) >= 11 is 5.79. The van der Waals surface area contributed by atoms with Gasteiger partial charge in [-0.25, -0.2) is 4.98 Å². The average molecular weight is 267 g/mol. The van der Waals surface area contributed by atoms with Gasteiger partial charge >= 0.3 is 0 Å². The lowest BCUT2D eigenvalue weighted by Gasteiger charge is -2.22. The summed E-state index contributed by atoms with van der Waals surface area (Å²) in [5.41, 5.74) is -0.0763. The van der Waals surface area contributed by atoms with Crippen molar-refractivity contribution in [2.75, 3.05) is 11.4 Å². The summed E-state index contributed by atoms with van der Waals surface area (Å²) in [6, 6.07) is 5.02. The summed E-state index contributed by atoms with van der Waals surface area (Å²) < 4.78 is 0. The van der Waals surface area contributed by atoms with Crippen molar-refractivity contribution in [1.82, 2.24) is 4.98 Å². The smallest absolute Gasteiger partial charge is 0.276 e. The zero-order valence-corrected chi connectivity index (χ0v) is 10.3.